The summed E-state index contributed by atoms with van der Waals surface area (Å²) in [6, 6.07) is 3.80. The summed E-state index contributed by atoms with van der Waals surface area (Å²) in [4.78, 5) is 36.5. The van der Waals surface area contributed by atoms with Crippen molar-refractivity contribution in [3.8, 4) is 0 Å². The summed E-state index contributed by atoms with van der Waals surface area (Å²) in [5.41, 5.74) is 2.19. The number of aryl methyl sites for hydroxylation is 2. The van der Waals surface area contributed by atoms with Crippen LogP contribution in [-0.4, -0.2) is 33.2 Å². The molecule has 2 aliphatic rings. The van der Waals surface area contributed by atoms with Crippen LogP contribution in [0.5, 0.6) is 0 Å². The second-order valence-electron chi connectivity index (χ2n) is 6.94. The van der Waals surface area contributed by atoms with Crippen molar-refractivity contribution in [3.05, 3.63) is 45.7 Å². The molecule has 26 heavy (non-hydrogen) atoms. The fraction of sp³-hybridized carbons (Fsp3) is 0.474. The minimum Gasteiger partial charge on any atom is -0.349 e. The molecule has 0 saturated carbocycles. The predicted molar refractivity (Wildman–Crippen MR) is 98.4 cm³/mol. The van der Waals surface area contributed by atoms with Crippen molar-refractivity contribution in [1.29, 1.82) is 0 Å². The number of carbonyl (C=O) groups is 2. The molecule has 2 aromatic heterocycles. The molecule has 7 heteroatoms. The second kappa shape index (κ2) is 7.53. The molecule has 136 valence electrons. The Morgan fingerprint density at radius 1 is 1.35 bits per heavy atom. The molecule has 0 bridgehead atoms. The van der Waals surface area contributed by atoms with Gasteiger partial charge in [0.05, 0.1) is 18.2 Å². The van der Waals surface area contributed by atoms with Crippen LogP contribution in [0.2, 0.25) is 0 Å². The van der Waals surface area contributed by atoms with Crippen molar-refractivity contribution in [2.24, 2.45) is 5.92 Å². The standard InChI is InChI=1S/C19H22N4O2S/c24-18-8-14(12-23(18)11-13-4-3-7-20-9-13)19(25)21-10-17-22-15-5-1-2-6-16(15)26-17/h3-4,7,9,14H,1-2,5-6,8,10-12H2,(H,21,25)/t14-/m1/s1. The van der Waals surface area contributed by atoms with Crippen LogP contribution < -0.4 is 5.32 Å². The van der Waals surface area contributed by atoms with Crippen LogP contribution >= 0.6 is 11.3 Å². The first-order chi connectivity index (χ1) is 12.7. The predicted octanol–water partition coefficient (Wildman–Crippen LogP) is 2.08. The van der Waals surface area contributed by atoms with Gasteiger partial charge in [0.15, 0.2) is 0 Å². The lowest BCUT2D eigenvalue weighted by atomic mass is 10.0. The molecule has 6 nitrogen and oxygen atoms in total. The van der Waals surface area contributed by atoms with Gasteiger partial charge in [-0.1, -0.05) is 6.07 Å². The SMILES string of the molecule is O=C(NCc1nc2c(s1)CCCC2)[C@@H]1CC(=O)N(Cc2cccnc2)C1. The molecule has 2 aromatic rings. The number of fused-ring (bicyclic) bond motifs is 1. The third-order valence-electron chi connectivity index (χ3n) is 4.99. The molecule has 0 aromatic carbocycles. The second-order valence-corrected chi connectivity index (χ2v) is 8.11. The first kappa shape index (κ1) is 17.1. The first-order valence-electron chi connectivity index (χ1n) is 9.11. The highest BCUT2D eigenvalue weighted by Gasteiger charge is 2.34. The van der Waals surface area contributed by atoms with E-state index in [0.29, 0.717) is 19.6 Å². The molecule has 0 spiro atoms. The number of aromatic nitrogens is 2. The average molecular weight is 370 g/mol. The van der Waals surface area contributed by atoms with Crippen LogP contribution in [0.3, 0.4) is 0 Å². The number of nitrogens with one attached hydrogen (secondary N) is 1. The number of hydrogen-bond donors (Lipinski definition) is 1. The minimum atomic E-state index is -0.284. The smallest absolute Gasteiger partial charge is 0.225 e. The van der Waals surface area contributed by atoms with E-state index in [9.17, 15) is 9.59 Å². The van der Waals surface area contributed by atoms with E-state index < -0.39 is 0 Å². The van der Waals surface area contributed by atoms with E-state index in [1.54, 1.807) is 28.6 Å². The van der Waals surface area contributed by atoms with Gasteiger partial charge in [-0.2, -0.15) is 0 Å². The Morgan fingerprint density at radius 3 is 3.04 bits per heavy atom. The number of amides is 2. The lowest BCUT2D eigenvalue weighted by Gasteiger charge is -2.16. The molecule has 1 fully saturated rings. The monoisotopic (exact) mass is 370 g/mol. The molecule has 1 aliphatic heterocycles. The summed E-state index contributed by atoms with van der Waals surface area (Å²) in [7, 11) is 0. The Bertz CT molecular complexity index is 782. The Morgan fingerprint density at radius 2 is 2.23 bits per heavy atom. The van der Waals surface area contributed by atoms with Crippen LogP contribution in [0.15, 0.2) is 24.5 Å². The zero-order valence-corrected chi connectivity index (χ0v) is 15.4. The van der Waals surface area contributed by atoms with Crippen molar-refractivity contribution in [1.82, 2.24) is 20.2 Å². The van der Waals surface area contributed by atoms with Gasteiger partial charge >= 0.3 is 0 Å². The maximum atomic E-state index is 12.5. The fourth-order valence-corrected chi connectivity index (χ4v) is 4.70. The summed E-state index contributed by atoms with van der Waals surface area (Å²) in [6.07, 6.45) is 8.35. The topological polar surface area (TPSA) is 75.2 Å². The summed E-state index contributed by atoms with van der Waals surface area (Å²) >= 11 is 1.71. The number of hydrogen-bond acceptors (Lipinski definition) is 5. The largest absolute Gasteiger partial charge is 0.349 e. The fourth-order valence-electron chi connectivity index (χ4n) is 3.60. The molecular formula is C19H22N4O2S. The van der Waals surface area contributed by atoms with E-state index in [1.165, 1.54) is 23.4 Å². The zero-order valence-electron chi connectivity index (χ0n) is 14.6. The molecule has 3 heterocycles. The van der Waals surface area contributed by atoms with E-state index in [-0.39, 0.29) is 24.2 Å². The summed E-state index contributed by atoms with van der Waals surface area (Å²) in [6.45, 7) is 1.44. The van der Waals surface area contributed by atoms with E-state index in [1.807, 2.05) is 12.1 Å². The van der Waals surface area contributed by atoms with E-state index in [2.05, 4.69) is 15.3 Å². The number of rotatable bonds is 5. The van der Waals surface area contributed by atoms with Crippen molar-refractivity contribution in [3.63, 3.8) is 0 Å². The van der Waals surface area contributed by atoms with Crippen LogP contribution in [-0.2, 0) is 35.5 Å². The number of pyridine rings is 1. The Kier molecular flexibility index (Phi) is 4.97. The maximum Gasteiger partial charge on any atom is 0.225 e. The summed E-state index contributed by atoms with van der Waals surface area (Å²) in [5, 5.41) is 3.95. The molecule has 1 atom stereocenters. The molecule has 2 amide bonds. The van der Waals surface area contributed by atoms with Crippen LogP contribution in [0.1, 0.15) is 40.4 Å². The average Bonchev–Trinajstić information content (AvgIpc) is 3.24. The Balaban J connectivity index is 1.31. The van der Waals surface area contributed by atoms with Gasteiger partial charge in [0.1, 0.15) is 5.01 Å². The summed E-state index contributed by atoms with van der Waals surface area (Å²) in [5.74, 6) is -0.312. The number of likely N-dealkylation sites (tertiary alicyclic amines) is 1. The number of thiazole rings is 1. The Hall–Kier alpha value is -2.28. The molecule has 0 radical (unpaired) electrons. The molecule has 1 aliphatic carbocycles. The molecule has 0 unspecified atom stereocenters. The first-order valence-corrected chi connectivity index (χ1v) is 9.92. The van der Waals surface area contributed by atoms with Gasteiger partial charge in [0.2, 0.25) is 11.8 Å². The highest BCUT2D eigenvalue weighted by atomic mass is 32.1. The molecule has 4 rings (SSSR count). The third-order valence-corrected chi connectivity index (χ3v) is 6.14. The van der Waals surface area contributed by atoms with Gasteiger partial charge in [-0.3, -0.25) is 14.6 Å². The van der Waals surface area contributed by atoms with Gasteiger partial charge in [0, 0.05) is 36.8 Å². The molecular weight excluding hydrogens is 348 g/mol. The number of nitrogens with zero attached hydrogens (tertiary/aromatic N) is 3. The molecule has 1 saturated heterocycles. The van der Waals surface area contributed by atoms with Crippen molar-refractivity contribution < 1.29 is 9.59 Å². The third kappa shape index (κ3) is 3.77. The van der Waals surface area contributed by atoms with E-state index in [4.69, 9.17) is 0 Å². The normalized spacial score (nSPS) is 19.5. The van der Waals surface area contributed by atoms with Crippen molar-refractivity contribution in [2.45, 2.75) is 45.2 Å². The van der Waals surface area contributed by atoms with E-state index >= 15 is 0 Å². The minimum absolute atomic E-state index is 0.0266. The van der Waals surface area contributed by atoms with E-state index in [0.717, 1.165) is 23.4 Å². The Labute approximate surface area is 156 Å². The molecule has 1 N–H and O–H groups in total. The quantitative estimate of drug-likeness (QED) is 0.874. The van der Waals surface area contributed by atoms with Crippen molar-refractivity contribution >= 4 is 23.2 Å². The highest BCUT2D eigenvalue weighted by molar-refractivity contribution is 7.11. The van der Waals surface area contributed by atoms with Gasteiger partial charge in [-0.05, 0) is 37.3 Å². The van der Waals surface area contributed by atoms with Crippen LogP contribution in [0.25, 0.3) is 0 Å². The highest BCUT2D eigenvalue weighted by Crippen LogP contribution is 2.27. The lowest BCUT2D eigenvalue weighted by molar-refractivity contribution is -0.129. The summed E-state index contributed by atoms with van der Waals surface area (Å²) < 4.78 is 0. The van der Waals surface area contributed by atoms with Crippen LogP contribution in [0.4, 0.5) is 0 Å². The number of carbonyl (C=O) groups excluding carboxylic acids is 2. The van der Waals surface area contributed by atoms with Gasteiger partial charge < -0.3 is 10.2 Å². The van der Waals surface area contributed by atoms with Gasteiger partial charge in [0.25, 0.3) is 0 Å². The van der Waals surface area contributed by atoms with Crippen LogP contribution in [0, 0.1) is 5.92 Å². The lowest BCUT2D eigenvalue weighted by Crippen LogP contribution is -2.32. The van der Waals surface area contributed by atoms with Gasteiger partial charge in [-0.15, -0.1) is 11.3 Å². The zero-order chi connectivity index (χ0) is 17.9. The van der Waals surface area contributed by atoms with Crippen molar-refractivity contribution in [2.75, 3.05) is 6.54 Å². The van der Waals surface area contributed by atoms with Gasteiger partial charge in [-0.25, -0.2) is 4.98 Å². The maximum absolute atomic E-state index is 12.5.